The average molecular weight is 256 g/mol. The molecule has 92 valence electrons. The Hall–Kier alpha value is -1.69. The molecule has 0 amide bonds. The van der Waals surface area contributed by atoms with Gasteiger partial charge in [0.15, 0.2) is 0 Å². The van der Waals surface area contributed by atoms with E-state index >= 15 is 0 Å². The number of rotatable bonds is 5. The van der Waals surface area contributed by atoms with Gasteiger partial charge in [0.25, 0.3) is 5.78 Å². The maximum Gasteiger partial charge on any atom is 0.380 e. The molecule has 6 heteroatoms. The lowest BCUT2D eigenvalue weighted by Crippen LogP contribution is -2.18. The van der Waals surface area contributed by atoms with Gasteiger partial charge in [0.2, 0.25) is 0 Å². The summed E-state index contributed by atoms with van der Waals surface area (Å²) in [6.07, 6.45) is 0. The van der Waals surface area contributed by atoms with E-state index in [9.17, 15) is 14.4 Å². The van der Waals surface area contributed by atoms with Crippen LogP contribution >= 0.6 is 11.3 Å². The monoisotopic (exact) mass is 256 g/mol. The zero-order valence-corrected chi connectivity index (χ0v) is 10.3. The van der Waals surface area contributed by atoms with Crippen LogP contribution in [0.1, 0.15) is 29.1 Å². The van der Waals surface area contributed by atoms with Crippen molar-refractivity contribution in [1.82, 2.24) is 0 Å². The fourth-order valence-corrected chi connectivity index (χ4v) is 1.95. The highest BCUT2D eigenvalue weighted by Crippen LogP contribution is 2.19. The summed E-state index contributed by atoms with van der Waals surface area (Å²) >= 11 is 1.12. The highest BCUT2D eigenvalue weighted by molar-refractivity contribution is 7.13. The molecule has 0 aromatic carbocycles. The molecule has 0 spiro atoms. The first kappa shape index (κ1) is 13.4. The molecule has 0 unspecified atom stereocenters. The first-order valence-electron chi connectivity index (χ1n) is 4.97. The van der Waals surface area contributed by atoms with Gasteiger partial charge in [-0.25, -0.2) is 4.79 Å². The van der Waals surface area contributed by atoms with Gasteiger partial charge in [-0.2, -0.15) is 0 Å². The quantitative estimate of drug-likeness (QED) is 0.454. The molecule has 5 nitrogen and oxygen atoms in total. The number of ketones is 1. The Kier molecular flexibility index (Phi) is 4.84. The maximum absolute atomic E-state index is 11.7. The predicted octanol–water partition coefficient (Wildman–Crippen LogP) is 1.56. The first-order valence-corrected chi connectivity index (χ1v) is 5.85. The summed E-state index contributed by atoms with van der Waals surface area (Å²) in [4.78, 5) is 33.8. The number of carbonyl (C=O) groups is 3. The lowest BCUT2D eigenvalue weighted by Gasteiger charge is -2.03. The second kappa shape index (κ2) is 6.15. The molecule has 0 aliphatic carbocycles. The van der Waals surface area contributed by atoms with Crippen molar-refractivity contribution in [3.8, 4) is 0 Å². The third-order valence-electron chi connectivity index (χ3n) is 1.84. The third kappa shape index (κ3) is 3.67. The van der Waals surface area contributed by atoms with Gasteiger partial charge >= 0.3 is 11.9 Å². The molecule has 1 aromatic rings. The van der Waals surface area contributed by atoms with Crippen LogP contribution in [0.2, 0.25) is 0 Å². The van der Waals surface area contributed by atoms with E-state index in [-0.39, 0.29) is 18.1 Å². The van der Waals surface area contributed by atoms with Gasteiger partial charge in [-0.05, 0) is 18.4 Å². The minimum absolute atomic E-state index is 0.0146. The topological polar surface area (TPSA) is 69.7 Å². The lowest BCUT2D eigenvalue weighted by molar-refractivity contribution is -0.142. The van der Waals surface area contributed by atoms with Gasteiger partial charge in [-0.1, -0.05) is 0 Å². The molecule has 0 aliphatic rings. The highest BCUT2D eigenvalue weighted by atomic mass is 32.1. The van der Waals surface area contributed by atoms with Crippen LogP contribution < -0.4 is 0 Å². The van der Waals surface area contributed by atoms with Gasteiger partial charge in [0, 0.05) is 12.5 Å². The fraction of sp³-hybridized carbons (Fsp3) is 0.364. The van der Waals surface area contributed by atoms with E-state index < -0.39 is 17.7 Å². The van der Waals surface area contributed by atoms with Crippen LogP contribution in [0, 0.1) is 0 Å². The zero-order chi connectivity index (χ0) is 12.8. The minimum Gasteiger partial charge on any atom is -0.461 e. The van der Waals surface area contributed by atoms with Crippen LogP contribution in [0.3, 0.4) is 0 Å². The normalized spacial score (nSPS) is 9.76. The molecule has 1 aromatic heterocycles. The van der Waals surface area contributed by atoms with E-state index in [0.29, 0.717) is 5.56 Å². The molecular formula is C11H12O5S. The van der Waals surface area contributed by atoms with Gasteiger partial charge in [-0.15, -0.1) is 11.3 Å². The minimum atomic E-state index is -0.890. The molecule has 0 saturated carbocycles. The summed E-state index contributed by atoms with van der Waals surface area (Å²) in [5, 5.41) is 1.66. The number of ether oxygens (including phenoxy) is 2. The van der Waals surface area contributed by atoms with Crippen molar-refractivity contribution in [2.45, 2.75) is 20.5 Å². The van der Waals surface area contributed by atoms with E-state index in [2.05, 4.69) is 4.74 Å². The molecule has 0 saturated heterocycles. The summed E-state index contributed by atoms with van der Waals surface area (Å²) in [6.45, 7) is 3.03. The van der Waals surface area contributed by atoms with E-state index in [4.69, 9.17) is 4.74 Å². The van der Waals surface area contributed by atoms with Gasteiger partial charge in [-0.3, -0.25) is 9.59 Å². The summed E-state index contributed by atoms with van der Waals surface area (Å²) in [5.74, 6) is -2.03. The lowest BCUT2D eigenvalue weighted by atomic mass is 10.2. The summed E-state index contributed by atoms with van der Waals surface area (Å²) in [5.41, 5.74) is 0.517. The van der Waals surface area contributed by atoms with E-state index in [1.807, 2.05) is 0 Å². The number of Topliss-reactive ketones (excluding diaryl/α,β-unsaturated/α-hetero) is 1. The van der Waals surface area contributed by atoms with Crippen molar-refractivity contribution in [2.24, 2.45) is 0 Å². The summed E-state index contributed by atoms with van der Waals surface area (Å²) < 4.78 is 9.40. The zero-order valence-electron chi connectivity index (χ0n) is 9.52. The van der Waals surface area contributed by atoms with Crippen LogP contribution in [0.4, 0.5) is 0 Å². The second-order valence-corrected chi connectivity index (χ2v) is 4.02. The fourth-order valence-electron chi connectivity index (χ4n) is 1.12. The number of hydrogen-bond donors (Lipinski definition) is 0. The van der Waals surface area contributed by atoms with Crippen molar-refractivity contribution in [3.05, 3.63) is 21.9 Å². The smallest absolute Gasteiger partial charge is 0.380 e. The number of hydrogen-bond acceptors (Lipinski definition) is 6. The van der Waals surface area contributed by atoms with Crippen LogP contribution in [0.15, 0.2) is 11.4 Å². The highest BCUT2D eigenvalue weighted by Gasteiger charge is 2.22. The largest absolute Gasteiger partial charge is 0.461 e. The Morgan fingerprint density at radius 2 is 2.00 bits per heavy atom. The van der Waals surface area contributed by atoms with Crippen molar-refractivity contribution in [2.75, 3.05) is 6.61 Å². The SMILES string of the molecule is CCOC(=O)C(=O)c1sccc1COC(C)=O. The standard InChI is InChI=1S/C11H12O5S/c1-3-15-11(14)9(13)10-8(4-5-17-10)6-16-7(2)12/h4-5H,3,6H2,1-2H3. The van der Waals surface area contributed by atoms with Gasteiger partial charge < -0.3 is 9.47 Å². The maximum atomic E-state index is 11.7. The summed E-state index contributed by atoms with van der Waals surface area (Å²) in [7, 11) is 0. The Balaban J connectivity index is 2.77. The molecule has 0 N–H and O–H groups in total. The van der Waals surface area contributed by atoms with E-state index in [1.54, 1.807) is 18.4 Å². The van der Waals surface area contributed by atoms with Crippen LogP contribution in [-0.4, -0.2) is 24.3 Å². The summed E-state index contributed by atoms with van der Waals surface area (Å²) in [6, 6.07) is 1.64. The van der Waals surface area contributed by atoms with Crippen molar-refractivity contribution < 1.29 is 23.9 Å². The van der Waals surface area contributed by atoms with E-state index in [0.717, 1.165) is 11.3 Å². The molecule has 0 bridgehead atoms. The third-order valence-corrected chi connectivity index (χ3v) is 2.80. The van der Waals surface area contributed by atoms with Crippen LogP contribution in [0.25, 0.3) is 0 Å². The van der Waals surface area contributed by atoms with E-state index in [1.165, 1.54) is 6.92 Å². The molecule has 0 radical (unpaired) electrons. The number of thiophene rings is 1. The number of esters is 2. The van der Waals surface area contributed by atoms with Crippen LogP contribution in [-0.2, 0) is 25.7 Å². The molecular weight excluding hydrogens is 244 g/mol. The van der Waals surface area contributed by atoms with Gasteiger partial charge in [0.05, 0.1) is 11.5 Å². The molecule has 17 heavy (non-hydrogen) atoms. The second-order valence-electron chi connectivity index (χ2n) is 3.10. The molecule has 0 atom stereocenters. The Morgan fingerprint density at radius 3 is 2.59 bits per heavy atom. The Labute approximate surface area is 102 Å². The van der Waals surface area contributed by atoms with Crippen molar-refractivity contribution in [3.63, 3.8) is 0 Å². The number of carbonyl (C=O) groups excluding carboxylic acids is 3. The predicted molar refractivity (Wildman–Crippen MR) is 60.8 cm³/mol. The van der Waals surface area contributed by atoms with Gasteiger partial charge in [0.1, 0.15) is 6.61 Å². The molecule has 1 heterocycles. The average Bonchev–Trinajstić information content (AvgIpc) is 2.73. The Bertz CT molecular complexity index is 435. The Morgan fingerprint density at radius 1 is 1.29 bits per heavy atom. The van der Waals surface area contributed by atoms with Crippen molar-refractivity contribution in [1.29, 1.82) is 0 Å². The molecule has 0 fully saturated rings. The van der Waals surface area contributed by atoms with Crippen LogP contribution in [0.5, 0.6) is 0 Å². The molecule has 1 rings (SSSR count). The first-order chi connectivity index (χ1) is 8.06. The molecule has 0 aliphatic heterocycles. The van der Waals surface area contributed by atoms with Crippen molar-refractivity contribution >= 4 is 29.1 Å².